The molecule has 5 rings (SSSR count). The number of halogens is 3. The molecule has 1 N–H and O–H groups in total. The number of hydrogen-bond donors (Lipinski definition) is 1. The average molecular weight is 513 g/mol. The third kappa shape index (κ3) is 5.46. The molecular weight excluding hydrogens is 485 g/mol. The molecule has 0 radical (unpaired) electrons. The topological polar surface area (TPSA) is 73.8 Å². The SMILES string of the molecule is CC(=O)N1CCN(c2ccc(Nc3ncc(C(F)(F)F)c(N4OCC[C@H]4c4ccccc4)n3)cc2)CC1. The first-order valence-electron chi connectivity index (χ1n) is 12.1. The van der Waals surface area contributed by atoms with Crippen LogP contribution in [0.1, 0.15) is 30.5 Å². The predicted molar refractivity (Wildman–Crippen MR) is 133 cm³/mol. The molecule has 0 spiro atoms. The highest BCUT2D eigenvalue weighted by molar-refractivity contribution is 5.73. The molecular formula is C26H27F3N6O2. The summed E-state index contributed by atoms with van der Waals surface area (Å²) in [4.78, 5) is 29.4. The van der Waals surface area contributed by atoms with Gasteiger partial charge in [0.15, 0.2) is 5.82 Å². The van der Waals surface area contributed by atoms with Crippen molar-refractivity contribution in [3.8, 4) is 0 Å². The van der Waals surface area contributed by atoms with Crippen LogP contribution >= 0.6 is 0 Å². The summed E-state index contributed by atoms with van der Waals surface area (Å²) in [7, 11) is 0. The lowest BCUT2D eigenvalue weighted by atomic mass is 10.0. The zero-order chi connectivity index (χ0) is 26.0. The Kier molecular flexibility index (Phi) is 6.88. The molecule has 0 saturated carbocycles. The Morgan fingerprint density at radius 1 is 1.03 bits per heavy atom. The van der Waals surface area contributed by atoms with Gasteiger partial charge in [0.2, 0.25) is 11.9 Å². The quantitative estimate of drug-likeness (QED) is 0.527. The number of carbonyl (C=O) groups excluding carboxylic acids is 1. The number of alkyl halides is 3. The second-order valence-corrected chi connectivity index (χ2v) is 8.97. The fourth-order valence-electron chi connectivity index (χ4n) is 4.62. The normalized spacial score (nSPS) is 18.3. The fraction of sp³-hybridized carbons (Fsp3) is 0.346. The number of anilines is 4. The number of benzene rings is 2. The lowest BCUT2D eigenvalue weighted by molar-refractivity contribution is -0.138. The number of hydroxylamine groups is 1. The Bertz CT molecular complexity index is 1230. The van der Waals surface area contributed by atoms with Gasteiger partial charge in [0, 0.05) is 57.1 Å². The standard InChI is InChI=1S/C26H27F3N6O2/c1-18(36)33-12-14-34(15-13-33)21-9-7-20(8-10-21)31-25-30-17-22(26(27,28)29)24(32-25)35-23(11-16-37-35)19-5-3-2-4-6-19/h2-10,17,23H,11-16H2,1H3,(H,30,31,32)/t23-/m0/s1. The van der Waals surface area contributed by atoms with Crippen molar-refractivity contribution in [2.24, 2.45) is 0 Å². The van der Waals surface area contributed by atoms with Gasteiger partial charge in [0.25, 0.3) is 0 Å². The summed E-state index contributed by atoms with van der Waals surface area (Å²) in [6, 6.07) is 16.4. The second-order valence-electron chi connectivity index (χ2n) is 8.97. The van der Waals surface area contributed by atoms with Crippen LogP contribution in [0.5, 0.6) is 0 Å². The summed E-state index contributed by atoms with van der Waals surface area (Å²) in [6.07, 6.45) is -3.32. The number of hydrogen-bond acceptors (Lipinski definition) is 7. The monoisotopic (exact) mass is 512 g/mol. The van der Waals surface area contributed by atoms with Crippen LogP contribution in [0.2, 0.25) is 0 Å². The van der Waals surface area contributed by atoms with Crippen LogP contribution in [-0.4, -0.2) is 53.6 Å². The molecule has 2 aliphatic heterocycles. The summed E-state index contributed by atoms with van der Waals surface area (Å²) in [5.74, 6) is -0.214. The lowest BCUT2D eigenvalue weighted by Crippen LogP contribution is -2.48. The second kappa shape index (κ2) is 10.3. The minimum Gasteiger partial charge on any atom is -0.368 e. The van der Waals surface area contributed by atoms with E-state index in [9.17, 15) is 18.0 Å². The summed E-state index contributed by atoms with van der Waals surface area (Å²) in [5.41, 5.74) is 1.53. The van der Waals surface area contributed by atoms with Gasteiger partial charge in [0.1, 0.15) is 5.56 Å². The van der Waals surface area contributed by atoms with E-state index in [1.165, 1.54) is 5.06 Å². The molecule has 37 heavy (non-hydrogen) atoms. The van der Waals surface area contributed by atoms with Gasteiger partial charge in [-0.25, -0.2) is 10.0 Å². The van der Waals surface area contributed by atoms with Crippen molar-refractivity contribution in [1.82, 2.24) is 14.9 Å². The fourth-order valence-corrected chi connectivity index (χ4v) is 4.62. The molecule has 8 nitrogen and oxygen atoms in total. The molecule has 1 aromatic heterocycles. The number of nitrogens with one attached hydrogen (secondary N) is 1. The smallest absolute Gasteiger partial charge is 0.368 e. The van der Waals surface area contributed by atoms with E-state index in [4.69, 9.17) is 4.84 Å². The zero-order valence-corrected chi connectivity index (χ0v) is 20.3. The molecule has 0 aliphatic carbocycles. The van der Waals surface area contributed by atoms with Crippen LogP contribution < -0.4 is 15.3 Å². The first-order chi connectivity index (χ1) is 17.8. The molecule has 0 bridgehead atoms. The van der Waals surface area contributed by atoms with E-state index in [1.54, 1.807) is 6.92 Å². The molecule has 1 amide bonds. The maximum absolute atomic E-state index is 13.9. The van der Waals surface area contributed by atoms with E-state index in [2.05, 4.69) is 20.2 Å². The van der Waals surface area contributed by atoms with Crippen LogP contribution in [0.4, 0.5) is 36.3 Å². The van der Waals surface area contributed by atoms with Gasteiger partial charge in [0.05, 0.1) is 12.6 Å². The number of amides is 1. The van der Waals surface area contributed by atoms with Crippen molar-refractivity contribution in [3.05, 3.63) is 71.9 Å². The molecule has 3 aromatic rings. The Hall–Kier alpha value is -3.86. The number of rotatable bonds is 5. The van der Waals surface area contributed by atoms with Crippen molar-refractivity contribution in [2.45, 2.75) is 25.6 Å². The molecule has 0 unspecified atom stereocenters. The molecule has 11 heteroatoms. The average Bonchev–Trinajstić information content (AvgIpc) is 3.39. The Balaban J connectivity index is 1.36. The summed E-state index contributed by atoms with van der Waals surface area (Å²) >= 11 is 0. The molecule has 194 valence electrons. The van der Waals surface area contributed by atoms with E-state index in [-0.39, 0.29) is 24.3 Å². The van der Waals surface area contributed by atoms with Crippen LogP contribution in [0, 0.1) is 0 Å². The first-order valence-corrected chi connectivity index (χ1v) is 12.1. The van der Waals surface area contributed by atoms with Gasteiger partial charge in [-0.3, -0.25) is 9.63 Å². The van der Waals surface area contributed by atoms with E-state index < -0.39 is 17.8 Å². The minimum absolute atomic E-state index is 0.0353. The summed E-state index contributed by atoms with van der Waals surface area (Å²) in [5, 5.41) is 4.25. The molecule has 2 saturated heterocycles. The van der Waals surface area contributed by atoms with Gasteiger partial charge in [-0.2, -0.15) is 18.2 Å². The zero-order valence-electron chi connectivity index (χ0n) is 20.3. The van der Waals surface area contributed by atoms with E-state index in [0.717, 1.165) is 30.5 Å². The van der Waals surface area contributed by atoms with E-state index in [0.29, 0.717) is 25.2 Å². The van der Waals surface area contributed by atoms with Gasteiger partial charge in [-0.15, -0.1) is 0 Å². The molecule has 2 aliphatic rings. The highest BCUT2D eigenvalue weighted by Crippen LogP contribution is 2.41. The van der Waals surface area contributed by atoms with Crippen molar-refractivity contribution in [3.63, 3.8) is 0 Å². The Morgan fingerprint density at radius 2 is 1.73 bits per heavy atom. The Labute approximate surface area is 212 Å². The molecule has 2 fully saturated rings. The van der Waals surface area contributed by atoms with Gasteiger partial charge < -0.3 is 15.1 Å². The van der Waals surface area contributed by atoms with Gasteiger partial charge >= 0.3 is 6.18 Å². The molecule has 2 aromatic carbocycles. The number of piperazine rings is 1. The van der Waals surface area contributed by atoms with E-state index >= 15 is 0 Å². The largest absolute Gasteiger partial charge is 0.421 e. The molecule has 1 atom stereocenters. The lowest BCUT2D eigenvalue weighted by Gasteiger charge is -2.35. The third-order valence-corrected chi connectivity index (χ3v) is 6.59. The maximum Gasteiger partial charge on any atom is 0.421 e. The van der Waals surface area contributed by atoms with Gasteiger partial charge in [-0.05, 0) is 29.8 Å². The number of carbonyl (C=O) groups is 1. The van der Waals surface area contributed by atoms with Crippen LogP contribution in [-0.2, 0) is 15.8 Å². The van der Waals surface area contributed by atoms with Crippen LogP contribution in [0.25, 0.3) is 0 Å². The van der Waals surface area contributed by atoms with Crippen LogP contribution in [0.3, 0.4) is 0 Å². The number of nitrogens with zero attached hydrogens (tertiary/aromatic N) is 5. The highest BCUT2D eigenvalue weighted by atomic mass is 19.4. The van der Waals surface area contributed by atoms with Crippen molar-refractivity contribution in [1.29, 1.82) is 0 Å². The predicted octanol–water partition coefficient (Wildman–Crippen LogP) is 4.79. The highest BCUT2D eigenvalue weighted by Gasteiger charge is 2.40. The van der Waals surface area contributed by atoms with Crippen molar-refractivity contribution < 1.29 is 22.8 Å². The van der Waals surface area contributed by atoms with Gasteiger partial charge in [-0.1, -0.05) is 30.3 Å². The maximum atomic E-state index is 13.9. The van der Waals surface area contributed by atoms with Crippen molar-refractivity contribution >= 4 is 29.0 Å². The third-order valence-electron chi connectivity index (χ3n) is 6.59. The minimum atomic E-state index is -4.64. The first kappa shape index (κ1) is 24.8. The van der Waals surface area contributed by atoms with Crippen LogP contribution in [0.15, 0.2) is 60.8 Å². The molecule has 3 heterocycles. The van der Waals surface area contributed by atoms with Crippen molar-refractivity contribution in [2.75, 3.05) is 48.1 Å². The van der Waals surface area contributed by atoms with E-state index in [1.807, 2.05) is 59.5 Å². The Morgan fingerprint density at radius 3 is 2.38 bits per heavy atom. The summed E-state index contributed by atoms with van der Waals surface area (Å²) in [6.45, 7) is 4.65. The number of aromatic nitrogens is 2. The summed E-state index contributed by atoms with van der Waals surface area (Å²) < 4.78 is 41.6.